The molecule has 0 saturated carbocycles. The number of nitrogens with one attached hydrogen (secondary N) is 2. The van der Waals surface area contributed by atoms with Crippen molar-refractivity contribution in [2.24, 2.45) is 0 Å². The summed E-state index contributed by atoms with van der Waals surface area (Å²) < 4.78 is 5.71. The monoisotopic (exact) mass is 366 g/mol. The van der Waals surface area contributed by atoms with Gasteiger partial charge < -0.3 is 15.4 Å². The molecule has 0 spiro atoms. The van der Waals surface area contributed by atoms with Crippen LogP contribution in [0.4, 0.5) is 11.4 Å². The number of rotatable bonds is 7. The van der Waals surface area contributed by atoms with Gasteiger partial charge in [0.25, 0.3) is 0 Å². The lowest BCUT2D eigenvalue weighted by Gasteiger charge is -2.17. The number of amides is 2. The molecule has 2 aromatic carbocycles. The van der Waals surface area contributed by atoms with Crippen LogP contribution in [0.1, 0.15) is 42.1 Å². The number of fused-ring (bicyclic) bond motifs is 1. The number of ether oxygens (including phenoxy) is 1. The van der Waals surface area contributed by atoms with Crippen molar-refractivity contribution in [2.75, 3.05) is 17.2 Å². The van der Waals surface area contributed by atoms with Gasteiger partial charge in [-0.3, -0.25) is 14.4 Å². The zero-order chi connectivity index (χ0) is 19.2. The van der Waals surface area contributed by atoms with E-state index in [4.69, 9.17) is 4.74 Å². The van der Waals surface area contributed by atoms with E-state index in [0.29, 0.717) is 43.5 Å². The number of carbonyl (C=O) groups is 3. The highest BCUT2D eigenvalue weighted by Gasteiger charge is 2.15. The fourth-order valence-corrected chi connectivity index (χ4v) is 2.91. The Morgan fingerprint density at radius 2 is 2.00 bits per heavy atom. The molecule has 27 heavy (non-hydrogen) atoms. The Morgan fingerprint density at radius 3 is 2.81 bits per heavy atom. The Hall–Kier alpha value is -3.15. The highest BCUT2D eigenvalue weighted by Crippen LogP contribution is 2.26. The number of Topliss-reactive ketones (excluding diaryl/α,β-unsaturated/α-hetero) is 1. The molecule has 0 fully saturated rings. The zero-order valence-electron chi connectivity index (χ0n) is 15.2. The van der Waals surface area contributed by atoms with Crippen LogP contribution < -0.4 is 15.4 Å². The maximum Gasteiger partial charge on any atom is 0.224 e. The molecule has 0 saturated heterocycles. The maximum absolute atomic E-state index is 12.0. The molecule has 6 heteroatoms. The minimum absolute atomic E-state index is 0.0379. The summed E-state index contributed by atoms with van der Waals surface area (Å²) in [6.45, 7) is 1.92. The van der Waals surface area contributed by atoms with E-state index in [9.17, 15) is 14.4 Å². The Bertz CT molecular complexity index is 876. The van der Waals surface area contributed by atoms with Crippen molar-refractivity contribution < 1.29 is 19.1 Å². The lowest BCUT2D eigenvalue weighted by Crippen LogP contribution is -2.18. The smallest absolute Gasteiger partial charge is 0.224 e. The van der Waals surface area contributed by atoms with Crippen molar-refractivity contribution in [3.63, 3.8) is 0 Å². The summed E-state index contributed by atoms with van der Waals surface area (Å²) in [6, 6.07) is 12.5. The predicted octanol–water partition coefficient (Wildman–Crippen LogP) is 3.57. The van der Waals surface area contributed by atoms with Gasteiger partial charge in [-0.05, 0) is 55.7 Å². The number of ketones is 1. The molecule has 2 amide bonds. The van der Waals surface area contributed by atoms with Crippen molar-refractivity contribution in [1.29, 1.82) is 0 Å². The van der Waals surface area contributed by atoms with Crippen LogP contribution in [0.15, 0.2) is 42.5 Å². The van der Waals surface area contributed by atoms with Crippen molar-refractivity contribution >= 4 is 29.0 Å². The van der Waals surface area contributed by atoms with Crippen LogP contribution in [0.2, 0.25) is 0 Å². The van der Waals surface area contributed by atoms with Gasteiger partial charge in [0.1, 0.15) is 5.75 Å². The van der Waals surface area contributed by atoms with Gasteiger partial charge in [0.2, 0.25) is 11.8 Å². The highest BCUT2D eigenvalue weighted by molar-refractivity contribution is 5.97. The summed E-state index contributed by atoms with van der Waals surface area (Å²) in [5.74, 6) is 0.618. The van der Waals surface area contributed by atoms with Crippen LogP contribution in [0.5, 0.6) is 5.75 Å². The van der Waals surface area contributed by atoms with Crippen molar-refractivity contribution in [2.45, 2.75) is 32.6 Å². The maximum atomic E-state index is 12.0. The summed E-state index contributed by atoms with van der Waals surface area (Å²) >= 11 is 0. The Labute approximate surface area is 157 Å². The molecular formula is C21H22N2O4. The first-order chi connectivity index (χ1) is 13.0. The minimum atomic E-state index is -0.118. The average molecular weight is 366 g/mol. The second kappa shape index (κ2) is 8.49. The van der Waals surface area contributed by atoms with Gasteiger partial charge in [-0.1, -0.05) is 12.1 Å². The fraction of sp³-hybridized carbons (Fsp3) is 0.286. The standard InChI is InChI=1S/C21H22N2O4/c1-14(24)15-4-2-5-17(12-15)22-20(25)6-3-11-27-18-8-9-19-16(13-18)7-10-21(26)23-19/h2,4-5,8-9,12-13H,3,6-7,10-11H2,1H3,(H,22,25)(H,23,26). The summed E-state index contributed by atoms with van der Waals surface area (Å²) in [5, 5.41) is 5.63. The molecule has 0 bridgehead atoms. The zero-order valence-corrected chi connectivity index (χ0v) is 15.2. The van der Waals surface area contributed by atoms with Crippen molar-refractivity contribution in [3.05, 3.63) is 53.6 Å². The molecule has 3 rings (SSSR count). The summed E-state index contributed by atoms with van der Waals surface area (Å²) in [4.78, 5) is 34.8. The first-order valence-corrected chi connectivity index (χ1v) is 8.98. The van der Waals surface area contributed by atoms with Gasteiger partial charge in [0.15, 0.2) is 5.78 Å². The number of hydrogen-bond acceptors (Lipinski definition) is 4. The van der Waals surface area contributed by atoms with Crippen molar-refractivity contribution in [3.8, 4) is 5.75 Å². The number of anilines is 2. The predicted molar refractivity (Wildman–Crippen MR) is 103 cm³/mol. The molecule has 140 valence electrons. The third kappa shape index (κ3) is 5.17. The number of benzene rings is 2. The van der Waals surface area contributed by atoms with E-state index in [1.54, 1.807) is 24.3 Å². The molecule has 2 aromatic rings. The summed E-state index contributed by atoms with van der Waals surface area (Å²) in [7, 11) is 0. The SMILES string of the molecule is CC(=O)c1cccc(NC(=O)CCCOc2ccc3c(c2)CCC(=O)N3)c1. The van der Waals surface area contributed by atoms with Crippen LogP contribution in [0.3, 0.4) is 0 Å². The molecule has 1 aliphatic heterocycles. The van der Waals surface area contributed by atoms with Gasteiger partial charge in [0.05, 0.1) is 6.61 Å². The number of aryl methyl sites for hydroxylation is 1. The van der Waals surface area contributed by atoms with E-state index in [-0.39, 0.29) is 17.6 Å². The van der Waals surface area contributed by atoms with Gasteiger partial charge in [-0.15, -0.1) is 0 Å². The van der Waals surface area contributed by atoms with Gasteiger partial charge >= 0.3 is 0 Å². The summed E-state index contributed by atoms with van der Waals surface area (Å²) in [6.07, 6.45) is 2.10. The largest absolute Gasteiger partial charge is 0.494 e. The third-order valence-electron chi connectivity index (χ3n) is 4.34. The van der Waals surface area contributed by atoms with Gasteiger partial charge in [-0.25, -0.2) is 0 Å². The van der Waals surface area contributed by atoms with E-state index in [1.165, 1.54) is 6.92 Å². The second-order valence-electron chi connectivity index (χ2n) is 6.50. The number of carbonyl (C=O) groups excluding carboxylic acids is 3. The topological polar surface area (TPSA) is 84.5 Å². The van der Waals surface area contributed by atoms with Gasteiger partial charge in [0, 0.05) is 29.8 Å². The molecule has 1 aliphatic rings. The van der Waals surface area contributed by atoms with E-state index in [2.05, 4.69) is 10.6 Å². The summed E-state index contributed by atoms with van der Waals surface area (Å²) in [5.41, 5.74) is 3.09. The Balaban J connectivity index is 1.43. The van der Waals surface area contributed by atoms with Crippen LogP contribution in [-0.4, -0.2) is 24.2 Å². The molecule has 6 nitrogen and oxygen atoms in total. The molecule has 0 radical (unpaired) electrons. The minimum Gasteiger partial charge on any atom is -0.494 e. The first kappa shape index (κ1) is 18.6. The molecule has 0 aliphatic carbocycles. The molecular weight excluding hydrogens is 344 g/mol. The van der Waals surface area contributed by atoms with E-state index < -0.39 is 0 Å². The highest BCUT2D eigenvalue weighted by atomic mass is 16.5. The van der Waals surface area contributed by atoms with Crippen LogP contribution in [-0.2, 0) is 16.0 Å². The van der Waals surface area contributed by atoms with Crippen LogP contribution in [0, 0.1) is 0 Å². The Morgan fingerprint density at radius 1 is 1.15 bits per heavy atom. The van der Waals surface area contributed by atoms with Crippen LogP contribution >= 0.6 is 0 Å². The van der Waals surface area contributed by atoms with Gasteiger partial charge in [-0.2, -0.15) is 0 Å². The van der Waals surface area contributed by atoms with E-state index in [0.717, 1.165) is 17.0 Å². The van der Waals surface area contributed by atoms with Crippen LogP contribution in [0.25, 0.3) is 0 Å². The normalized spacial score (nSPS) is 12.7. The second-order valence-corrected chi connectivity index (χ2v) is 6.50. The molecule has 1 heterocycles. The van der Waals surface area contributed by atoms with E-state index in [1.807, 2.05) is 18.2 Å². The lowest BCUT2D eigenvalue weighted by molar-refractivity contribution is -0.117. The average Bonchev–Trinajstić information content (AvgIpc) is 2.65. The number of hydrogen-bond donors (Lipinski definition) is 2. The molecule has 0 atom stereocenters. The van der Waals surface area contributed by atoms with E-state index >= 15 is 0 Å². The Kier molecular flexibility index (Phi) is 5.86. The van der Waals surface area contributed by atoms with Crippen molar-refractivity contribution in [1.82, 2.24) is 0 Å². The molecule has 0 aromatic heterocycles. The molecule has 2 N–H and O–H groups in total. The first-order valence-electron chi connectivity index (χ1n) is 8.98. The quantitative estimate of drug-likeness (QED) is 0.579. The third-order valence-corrected chi connectivity index (χ3v) is 4.34. The molecule has 0 unspecified atom stereocenters. The fourth-order valence-electron chi connectivity index (χ4n) is 2.91. The lowest BCUT2D eigenvalue weighted by atomic mass is 10.0.